The first-order valence-corrected chi connectivity index (χ1v) is 12.5. The van der Waals surface area contributed by atoms with Crippen molar-refractivity contribution in [3.05, 3.63) is 41.7 Å². The number of aryl methyl sites for hydroxylation is 1. The van der Waals surface area contributed by atoms with Crippen LogP contribution in [-0.4, -0.2) is 63.6 Å². The summed E-state index contributed by atoms with van der Waals surface area (Å²) in [5.74, 6) is 0.738. The number of nitrogens with one attached hydrogen (secondary N) is 1. The van der Waals surface area contributed by atoms with Crippen LogP contribution in [-0.2, 0) is 22.7 Å². The van der Waals surface area contributed by atoms with Gasteiger partial charge in [-0.3, -0.25) is 14.3 Å². The van der Waals surface area contributed by atoms with Crippen LogP contribution in [0, 0.1) is 5.92 Å². The van der Waals surface area contributed by atoms with Gasteiger partial charge in [0.25, 0.3) is 5.91 Å². The Balaban J connectivity index is 1.35. The number of carbonyl (C=O) groups excluding carboxylic acids is 2. The van der Waals surface area contributed by atoms with Crippen LogP contribution in [0.1, 0.15) is 61.0 Å². The maximum atomic E-state index is 13.3. The lowest BCUT2D eigenvalue weighted by atomic mass is 9.99. The molecule has 0 spiro atoms. The minimum absolute atomic E-state index is 0.0768. The molecule has 2 atom stereocenters. The fourth-order valence-corrected chi connectivity index (χ4v) is 5.15. The minimum atomic E-state index is -0.309. The van der Waals surface area contributed by atoms with Crippen molar-refractivity contribution < 1.29 is 19.1 Å². The molecule has 2 amide bonds. The number of hydrogen-bond acceptors (Lipinski definition) is 6. The highest BCUT2D eigenvalue weighted by Gasteiger charge is 2.39. The van der Waals surface area contributed by atoms with E-state index in [1.165, 1.54) is 12.8 Å². The van der Waals surface area contributed by atoms with E-state index in [0.717, 1.165) is 37.8 Å². The summed E-state index contributed by atoms with van der Waals surface area (Å²) in [5.41, 5.74) is 1.27. The standard InChI is InChI=1S/C25H33N5O4/c31-24-19-9-5-10-21(13-19)33-12-6-11-30-14-20(27-28-30)17-34-23-16-29(15-22(23)26-24)25(32)18-7-3-1-2-4-8-18/h5,9-10,13-14,18,22-23H,1-4,6-8,11-12,15-17H2,(H,26,31)/t22-,23-/m0/s1. The molecule has 1 aromatic heterocycles. The van der Waals surface area contributed by atoms with Crippen LogP contribution in [0.3, 0.4) is 0 Å². The Labute approximate surface area is 199 Å². The van der Waals surface area contributed by atoms with E-state index >= 15 is 0 Å². The van der Waals surface area contributed by atoms with Crippen molar-refractivity contribution in [3.63, 3.8) is 0 Å². The van der Waals surface area contributed by atoms with Crippen LogP contribution in [0.2, 0.25) is 0 Å². The molecule has 4 bridgehead atoms. The number of nitrogens with zero attached hydrogens (tertiary/aromatic N) is 4. The van der Waals surface area contributed by atoms with E-state index < -0.39 is 0 Å². The summed E-state index contributed by atoms with van der Waals surface area (Å²) in [5, 5.41) is 11.5. The third kappa shape index (κ3) is 5.41. The normalized spacial score (nSPS) is 24.6. The van der Waals surface area contributed by atoms with Gasteiger partial charge < -0.3 is 19.7 Å². The third-order valence-corrected chi connectivity index (χ3v) is 7.03. The van der Waals surface area contributed by atoms with Crippen molar-refractivity contribution in [1.82, 2.24) is 25.2 Å². The minimum Gasteiger partial charge on any atom is -0.494 e. The largest absolute Gasteiger partial charge is 0.494 e. The van der Waals surface area contributed by atoms with E-state index in [-0.39, 0.29) is 36.5 Å². The Morgan fingerprint density at radius 2 is 1.94 bits per heavy atom. The summed E-state index contributed by atoms with van der Waals surface area (Å²) in [6, 6.07) is 6.91. The molecule has 5 rings (SSSR count). The lowest BCUT2D eigenvalue weighted by Gasteiger charge is -2.22. The highest BCUT2D eigenvalue weighted by molar-refractivity contribution is 5.95. The zero-order chi connectivity index (χ0) is 23.3. The van der Waals surface area contributed by atoms with Gasteiger partial charge in [-0.05, 0) is 31.0 Å². The first-order valence-electron chi connectivity index (χ1n) is 12.5. The summed E-state index contributed by atoms with van der Waals surface area (Å²) in [6.07, 6.45) is 8.87. The fraction of sp³-hybridized carbons (Fsp3) is 0.600. The summed E-state index contributed by atoms with van der Waals surface area (Å²) < 4.78 is 13.8. The molecule has 3 heterocycles. The molecular weight excluding hydrogens is 434 g/mol. The molecule has 0 radical (unpaired) electrons. The van der Waals surface area contributed by atoms with Gasteiger partial charge in [0.15, 0.2) is 0 Å². The Morgan fingerprint density at radius 3 is 2.79 bits per heavy atom. The van der Waals surface area contributed by atoms with Crippen molar-refractivity contribution in [2.45, 2.75) is 70.2 Å². The number of rotatable bonds is 1. The van der Waals surface area contributed by atoms with Crippen molar-refractivity contribution in [2.75, 3.05) is 19.7 Å². The number of benzene rings is 1. The molecule has 1 aliphatic carbocycles. The molecule has 9 nitrogen and oxygen atoms in total. The van der Waals surface area contributed by atoms with Gasteiger partial charge in [-0.2, -0.15) is 0 Å². The summed E-state index contributed by atoms with van der Waals surface area (Å²) in [6.45, 7) is 2.41. The number of likely N-dealkylation sites (tertiary alicyclic amines) is 1. The molecule has 182 valence electrons. The van der Waals surface area contributed by atoms with E-state index in [9.17, 15) is 9.59 Å². The number of amides is 2. The molecule has 3 aliphatic rings. The predicted molar refractivity (Wildman–Crippen MR) is 124 cm³/mol. The lowest BCUT2D eigenvalue weighted by molar-refractivity contribution is -0.135. The Bertz CT molecular complexity index is 1000. The zero-order valence-electron chi connectivity index (χ0n) is 19.5. The average molecular weight is 468 g/mol. The summed E-state index contributed by atoms with van der Waals surface area (Å²) >= 11 is 0. The molecule has 2 fully saturated rings. The molecule has 9 heteroatoms. The van der Waals surface area contributed by atoms with Crippen LogP contribution in [0.25, 0.3) is 0 Å². The number of hydrogen-bond donors (Lipinski definition) is 1. The second kappa shape index (κ2) is 10.5. The van der Waals surface area contributed by atoms with Gasteiger partial charge in [0, 0.05) is 37.5 Å². The Kier molecular flexibility index (Phi) is 7.08. The topological polar surface area (TPSA) is 98.6 Å². The van der Waals surface area contributed by atoms with E-state index in [0.29, 0.717) is 37.6 Å². The van der Waals surface area contributed by atoms with Gasteiger partial charge >= 0.3 is 0 Å². The Hall–Kier alpha value is -2.94. The van der Waals surface area contributed by atoms with Gasteiger partial charge in [-0.25, -0.2) is 0 Å². The van der Waals surface area contributed by atoms with Crippen LogP contribution >= 0.6 is 0 Å². The molecule has 1 saturated carbocycles. The van der Waals surface area contributed by atoms with Crippen molar-refractivity contribution in [2.24, 2.45) is 5.92 Å². The van der Waals surface area contributed by atoms with Crippen molar-refractivity contribution >= 4 is 11.8 Å². The molecule has 2 aliphatic heterocycles. The van der Waals surface area contributed by atoms with Gasteiger partial charge in [0.2, 0.25) is 5.91 Å². The fourth-order valence-electron chi connectivity index (χ4n) is 5.15. The third-order valence-electron chi connectivity index (χ3n) is 7.03. The number of carbonyl (C=O) groups is 2. The van der Waals surface area contributed by atoms with E-state index in [2.05, 4.69) is 15.6 Å². The number of aromatic nitrogens is 3. The van der Waals surface area contributed by atoms with Gasteiger partial charge in [0.1, 0.15) is 11.4 Å². The average Bonchev–Trinajstić information content (AvgIpc) is 3.37. The Morgan fingerprint density at radius 1 is 1.09 bits per heavy atom. The second-order valence-corrected chi connectivity index (χ2v) is 9.56. The summed E-state index contributed by atoms with van der Waals surface area (Å²) in [4.78, 5) is 28.3. The quantitative estimate of drug-likeness (QED) is 0.648. The van der Waals surface area contributed by atoms with Gasteiger partial charge in [-0.1, -0.05) is 37.0 Å². The van der Waals surface area contributed by atoms with E-state index in [1.54, 1.807) is 16.8 Å². The molecule has 34 heavy (non-hydrogen) atoms. The van der Waals surface area contributed by atoms with E-state index in [4.69, 9.17) is 9.47 Å². The highest BCUT2D eigenvalue weighted by atomic mass is 16.5. The number of ether oxygens (including phenoxy) is 2. The lowest BCUT2D eigenvalue weighted by Crippen LogP contribution is -2.44. The predicted octanol–water partition coefficient (Wildman–Crippen LogP) is 2.56. The highest BCUT2D eigenvalue weighted by Crippen LogP contribution is 2.27. The molecule has 1 saturated heterocycles. The van der Waals surface area contributed by atoms with Crippen LogP contribution in [0.5, 0.6) is 5.75 Å². The van der Waals surface area contributed by atoms with Crippen LogP contribution in [0.15, 0.2) is 30.5 Å². The zero-order valence-corrected chi connectivity index (χ0v) is 19.5. The maximum Gasteiger partial charge on any atom is 0.251 e. The van der Waals surface area contributed by atoms with Crippen molar-refractivity contribution in [1.29, 1.82) is 0 Å². The summed E-state index contributed by atoms with van der Waals surface area (Å²) in [7, 11) is 0. The SMILES string of the molecule is O=C1N[C@H]2CN(C(=O)C3CCCCCC3)C[C@@H]2OCc2cn(nn2)CCCOc2cccc1c2. The first-order chi connectivity index (χ1) is 16.7. The number of fused-ring (bicyclic) bond motifs is 5. The van der Waals surface area contributed by atoms with Crippen LogP contribution < -0.4 is 10.1 Å². The van der Waals surface area contributed by atoms with Gasteiger partial charge in [0.05, 0.1) is 31.6 Å². The monoisotopic (exact) mass is 467 g/mol. The molecular formula is C25H33N5O4. The van der Waals surface area contributed by atoms with Gasteiger partial charge in [-0.15, -0.1) is 5.10 Å². The van der Waals surface area contributed by atoms with Crippen LogP contribution in [0.4, 0.5) is 0 Å². The smallest absolute Gasteiger partial charge is 0.251 e. The molecule has 2 aromatic rings. The molecule has 1 N–H and O–H groups in total. The van der Waals surface area contributed by atoms with Crippen molar-refractivity contribution in [3.8, 4) is 5.75 Å². The molecule has 1 aromatic carbocycles. The second-order valence-electron chi connectivity index (χ2n) is 9.56. The maximum absolute atomic E-state index is 13.3. The molecule has 0 unspecified atom stereocenters. The first kappa shape index (κ1) is 22.8. The van der Waals surface area contributed by atoms with E-state index in [1.807, 2.05) is 23.2 Å².